The Bertz CT molecular complexity index is 2840. The fourth-order valence-corrected chi connectivity index (χ4v) is 8.56. The second-order valence-electron chi connectivity index (χ2n) is 11.3. The molecule has 0 aliphatic heterocycles. The van der Waals surface area contributed by atoms with E-state index in [0.29, 0.717) is 5.95 Å². The molecule has 0 atom stereocenters. The van der Waals surface area contributed by atoms with Crippen molar-refractivity contribution in [3.8, 4) is 28.3 Å². The molecule has 0 N–H and O–H groups in total. The van der Waals surface area contributed by atoms with Crippen LogP contribution in [0.1, 0.15) is 0 Å². The molecule has 4 heterocycles. The standard InChI is InChI=1S/C38H19N3OS/c1-2-8-21(9-3-1)35-37-36(24-11-4-5-15-29(24)43-37)40-38(39-35)41-25-17-16-20-10-6-12-22-23-13-7-14-27-31(23)34-28(42-27)19-18-26(41)33(34)32(25)30(20)22/h1-19H. The van der Waals surface area contributed by atoms with Crippen molar-refractivity contribution in [1.82, 2.24) is 14.5 Å². The molecular formula is C38H19N3OS. The Hall–Kier alpha value is -5.52. The minimum absolute atomic E-state index is 0.680. The van der Waals surface area contributed by atoms with Crippen LogP contribution < -0.4 is 0 Å². The van der Waals surface area contributed by atoms with E-state index in [9.17, 15) is 0 Å². The van der Waals surface area contributed by atoms with E-state index in [1.807, 2.05) is 0 Å². The van der Waals surface area contributed by atoms with Gasteiger partial charge in [0.25, 0.3) is 0 Å². The number of fused-ring (bicyclic) bond motifs is 4. The molecule has 0 fully saturated rings. The highest BCUT2D eigenvalue weighted by molar-refractivity contribution is 7.26. The van der Waals surface area contributed by atoms with E-state index in [-0.39, 0.29) is 0 Å². The highest BCUT2D eigenvalue weighted by Crippen LogP contribution is 2.50. The first-order valence-electron chi connectivity index (χ1n) is 14.4. The summed E-state index contributed by atoms with van der Waals surface area (Å²) in [6, 6.07) is 40.8. The van der Waals surface area contributed by atoms with Crippen LogP contribution in [0.4, 0.5) is 0 Å². The van der Waals surface area contributed by atoms with Crippen LogP contribution in [0.15, 0.2) is 120 Å². The second-order valence-corrected chi connectivity index (χ2v) is 12.4. The number of rotatable bonds is 2. The minimum Gasteiger partial charge on any atom is -0.456 e. The summed E-state index contributed by atoms with van der Waals surface area (Å²) < 4.78 is 11.1. The lowest BCUT2D eigenvalue weighted by Crippen LogP contribution is -2.02. The molecule has 11 rings (SSSR count). The number of hydrogen-bond acceptors (Lipinski definition) is 4. The van der Waals surface area contributed by atoms with Crippen LogP contribution in [0.25, 0.3) is 103 Å². The van der Waals surface area contributed by atoms with Crippen molar-refractivity contribution in [2.75, 3.05) is 0 Å². The van der Waals surface area contributed by atoms with Gasteiger partial charge in [-0.05, 0) is 52.2 Å². The molecular weight excluding hydrogens is 547 g/mol. The van der Waals surface area contributed by atoms with Gasteiger partial charge in [0.1, 0.15) is 11.2 Å². The molecule has 1 aliphatic rings. The van der Waals surface area contributed by atoms with Crippen molar-refractivity contribution in [2.24, 2.45) is 0 Å². The van der Waals surface area contributed by atoms with Gasteiger partial charge in [-0.1, -0.05) is 84.9 Å². The Kier molecular flexibility index (Phi) is 3.94. The van der Waals surface area contributed by atoms with Crippen molar-refractivity contribution < 1.29 is 4.42 Å². The van der Waals surface area contributed by atoms with Crippen LogP contribution in [-0.2, 0) is 0 Å². The van der Waals surface area contributed by atoms with Crippen molar-refractivity contribution >= 4 is 86.2 Å². The SMILES string of the molecule is c1ccc(-c2nc(-n3c4ccc5cccc6c5c4c4c5c(ccc43)oc3cccc-6c35)nc3c2sc2ccccc23)cc1. The Balaban J connectivity index is 1.39. The van der Waals surface area contributed by atoms with Crippen LogP contribution in [0, 0.1) is 0 Å². The van der Waals surface area contributed by atoms with E-state index in [1.54, 1.807) is 11.3 Å². The third-order valence-corrected chi connectivity index (χ3v) is 10.3. The smallest absolute Gasteiger partial charge is 0.235 e. The molecule has 0 saturated heterocycles. The number of thiophene rings is 1. The van der Waals surface area contributed by atoms with Gasteiger partial charge >= 0.3 is 0 Å². The summed E-state index contributed by atoms with van der Waals surface area (Å²) in [7, 11) is 0. The third kappa shape index (κ3) is 2.67. The fraction of sp³-hybridized carbons (Fsp3) is 0. The van der Waals surface area contributed by atoms with Gasteiger partial charge in [-0.15, -0.1) is 11.3 Å². The second kappa shape index (κ2) is 7.65. The van der Waals surface area contributed by atoms with Crippen LogP contribution in [0.3, 0.4) is 0 Å². The number of furan rings is 1. The van der Waals surface area contributed by atoms with E-state index in [0.717, 1.165) is 49.1 Å². The lowest BCUT2D eigenvalue weighted by Gasteiger charge is -2.12. The summed E-state index contributed by atoms with van der Waals surface area (Å²) >= 11 is 1.76. The molecule has 10 aromatic rings. The summed E-state index contributed by atoms with van der Waals surface area (Å²) in [6.45, 7) is 0. The summed E-state index contributed by atoms with van der Waals surface area (Å²) in [5, 5.41) is 8.43. The number of benzene rings is 6. The van der Waals surface area contributed by atoms with E-state index in [1.165, 1.54) is 48.1 Å². The topological polar surface area (TPSA) is 43.9 Å². The maximum atomic E-state index is 6.46. The van der Waals surface area contributed by atoms with Crippen molar-refractivity contribution in [1.29, 1.82) is 0 Å². The van der Waals surface area contributed by atoms with Crippen LogP contribution in [-0.4, -0.2) is 14.5 Å². The first-order chi connectivity index (χ1) is 21.3. The molecule has 4 nitrogen and oxygen atoms in total. The fourth-order valence-electron chi connectivity index (χ4n) is 7.41. The number of nitrogens with zero attached hydrogens (tertiary/aromatic N) is 3. The minimum atomic E-state index is 0.680. The number of hydrogen-bond donors (Lipinski definition) is 0. The van der Waals surface area contributed by atoms with Crippen LogP contribution in [0.5, 0.6) is 0 Å². The third-order valence-electron chi connectivity index (χ3n) is 9.14. The van der Waals surface area contributed by atoms with Gasteiger partial charge in [-0.25, -0.2) is 9.97 Å². The number of aromatic nitrogens is 3. The molecule has 4 aromatic heterocycles. The molecule has 6 aromatic carbocycles. The van der Waals surface area contributed by atoms with Crippen LogP contribution in [0.2, 0.25) is 0 Å². The van der Waals surface area contributed by atoms with E-state index >= 15 is 0 Å². The van der Waals surface area contributed by atoms with E-state index in [2.05, 4.69) is 120 Å². The van der Waals surface area contributed by atoms with Crippen molar-refractivity contribution in [3.05, 3.63) is 115 Å². The zero-order valence-electron chi connectivity index (χ0n) is 22.6. The molecule has 0 spiro atoms. The average molecular weight is 566 g/mol. The van der Waals surface area contributed by atoms with Crippen molar-refractivity contribution in [2.45, 2.75) is 0 Å². The Morgan fingerprint density at radius 2 is 1.30 bits per heavy atom. The summed E-state index contributed by atoms with van der Waals surface area (Å²) in [6.07, 6.45) is 0. The molecule has 0 amide bonds. The monoisotopic (exact) mass is 565 g/mol. The Morgan fingerprint density at radius 1 is 0.558 bits per heavy atom. The zero-order valence-corrected chi connectivity index (χ0v) is 23.4. The molecule has 0 saturated carbocycles. The summed E-state index contributed by atoms with van der Waals surface area (Å²) in [5.41, 5.74) is 9.50. The average Bonchev–Trinajstić information content (AvgIpc) is 3.70. The predicted octanol–water partition coefficient (Wildman–Crippen LogP) is 10.6. The van der Waals surface area contributed by atoms with E-state index < -0.39 is 0 Å². The first-order valence-corrected chi connectivity index (χ1v) is 15.2. The molecule has 1 aliphatic carbocycles. The normalized spacial score (nSPS) is 12.7. The van der Waals surface area contributed by atoms with Gasteiger partial charge in [0.05, 0.1) is 26.9 Å². The quantitative estimate of drug-likeness (QED) is 0.209. The van der Waals surface area contributed by atoms with Gasteiger partial charge in [0, 0.05) is 37.2 Å². The van der Waals surface area contributed by atoms with Gasteiger partial charge in [0.2, 0.25) is 5.95 Å². The Labute approximate surface area is 248 Å². The van der Waals surface area contributed by atoms with Gasteiger partial charge < -0.3 is 4.42 Å². The Morgan fingerprint density at radius 3 is 2.21 bits per heavy atom. The van der Waals surface area contributed by atoms with Gasteiger partial charge in [0.15, 0.2) is 0 Å². The van der Waals surface area contributed by atoms with Crippen molar-refractivity contribution in [3.63, 3.8) is 0 Å². The molecule has 198 valence electrons. The highest BCUT2D eigenvalue weighted by atomic mass is 32.1. The lowest BCUT2D eigenvalue weighted by molar-refractivity contribution is 0.669. The maximum Gasteiger partial charge on any atom is 0.235 e. The first kappa shape index (κ1) is 22.1. The summed E-state index contributed by atoms with van der Waals surface area (Å²) in [4.78, 5) is 10.7. The van der Waals surface area contributed by atoms with Crippen LogP contribution >= 0.6 is 11.3 Å². The predicted molar refractivity (Wildman–Crippen MR) is 178 cm³/mol. The largest absolute Gasteiger partial charge is 0.456 e. The highest BCUT2D eigenvalue weighted by Gasteiger charge is 2.27. The summed E-state index contributed by atoms with van der Waals surface area (Å²) in [5.74, 6) is 0.680. The maximum absolute atomic E-state index is 6.46. The zero-order chi connectivity index (χ0) is 27.8. The van der Waals surface area contributed by atoms with Gasteiger partial charge in [-0.2, -0.15) is 0 Å². The lowest BCUT2D eigenvalue weighted by atomic mass is 9.95. The molecule has 0 bridgehead atoms. The molecule has 43 heavy (non-hydrogen) atoms. The van der Waals surface area contributed by atoms with Gasteiger partial charge in [-0.3, -0.25) is 4.57 Å². The molecule has 0 radical (unpaired) electrons. The van der Waals surface area contributed by atoms with E-state index in [4.69, 9.17) is 14.4 Å². The molecule has 5 heteroatoms. The molecule has 0 unspecified atom stereocenters.